The normalized spacial score (nSPS) is 13.2. The van der Waals surface area contributed by atoms with Gasteiger partial charge < -0.3 is 4.90 Å². The van der Waals surface area contributed by atoms with Gasteiger partial charge in [-0.25, -0.2) is 0 Å². The molecule has 0 aromatic rings. The maximum absolute atomic E-state index is 12.5. The van der Waals surface area contributed by atoms with E-state index in [0.29, 0.717) is 6.20 Å². The number of hydrogen-bond acceptors (Lipinski definition) is 3. The van der Waals surface area contributed by atoms with Crippen molar-refractivity contribution >= 4 is 5.78 Å². The molecular weight excluding hydrogens is 235 g/mol. The summed E-state index contributed by atoms with van der Waals surface area (Å²) in [7, 11) is 2.55. The molecule has 0 fully saturated rings. The lowest BCUT2D eigenvalue weighted by Crippen LogP contribution is -2.44. The van der Waals surface area contributed by atoms with Crippen molar-refractivity contribution in [3.8, 4) is 6.07 Å². The second-order valence-electron chi connectivity index (χ2n) is 3.02. The first-order valence-corrected chi connectivity index (χ1v) is 3.81. The number of carbonyl (C=O) groups is 1. The fourth-order valence-electron chi connectivity index (χ4n) is 0.694. The number of Topliss-reactive ketones (excluding diaryl/α,β-unsaturated/α-hetero) is 1. The van der Waals surface area contributed by atoms with E-state index in [9.17, 15) is 26.7 Å². The van der Waals surface area contributed by atoms with Gasteiger partial charge in [0, 0.05) is 20.3 Å². The minimum atomic E-state index is -6.01. The van der Waals surface area contributed by atoms with Crippen LogP contribution in [0.2, 0.25) is 0 Å². The van der Waals surface area contributed by atoms with Crippen LogP contribution in [0.3, 0.4) is 0 Å². The van der Waals surface area contributed by atoms with Crippen molar-refractivity contribution < 1.29 is 26.7 Å². The maximum atomic E-state index is 12.5. The van der Waals surface area contributed by atoms with Crippen molar-refractivity contribution in [2.75, 3.05) is 14.1 Å². The standard InChI is InChI=1S/C8H7F5N2O/c1-15(2)4-5(3-14)6(16)7(9,10)8(11,12)13/h4H,1-2H3. The van der Waals surface area contributed by atoms with Gasteiger partial charge in [0.2, 0.25) is 0 Å². The quantitative estimate of drug-likeness (QED) is 0.430. The summed E-state index contributed by atoms with van der Waals surface area (Å²) in [5, 5.41) is 8.31. The summed E-state index contributed by atoms with van der Waals surface area (Å²) in [5.41, 5.74) is -1.26. The van der Waals surface area contributed by atoms with Crippen LogP contribution in [0.1, 0.15) is 0 Å². The molecule has 0 spiro atoms. The monoisotopic (exact) mass is 242 g/mol. The van der Waals surface area contributed by atoms with Gasteiger partial charge in [0.15, 0.2) is 0 Å². The number of nitrogens with zero attached hydrogens (tertiary/aromatic N) is 2. The van der Waals surface area contributed by atoms with Crippen molar-refractivity contribution in [2.24, 2.45) is 0 Å². The number of rotatable bonds is 3. The van der Waals surface area contributed by atoms with Gasteiger partial charge in [-0.05, 0) is 0 Å². The predicted molar refractivity (Wildman–Crippen MR) is 43.4 cm³/mol. The zero-order valence-corrected chi connectivity index (χ0v) is 8.27. The number of carbonyl (C=O) groups excluding carboxylic acids is 1. The number of hydrogen-bond donors (Lipinski definition) is 0. The highest BCUT2D eigenvalue weighted by Crippen LogP contribution is 2.37. The number of alkyl halides is 5. The van der Waals surface area contributed by atoms with E-state index in [-0.39, 0.29) is 0 Å². The molecule has 0 aliphatic heterocycles. The molecule has 0 aromatic carbocycles. The van der Waals surface area contributed by atoms with Crippen molar-refractivity contribution in [3.63, 3.8) is 0 Å². The van der Waals surface area contributed by atoms with Crippen molar-refractivity contribution in [1.82, 2.24) is 4.90 Å². The summed E-state index contributed by atoms with van der Waals surface area (Å²) < 4.78 is 60.4. The first-order valence-electron chi connectivity index (χ1n) is 3.81. The van der Waals surface area contributed by atoms with Crippen LogP contribution in [-0.4, -0.2) is 36.9 Å². The summed E-state index contributed by atoms with van der Waals surface area (Å²) in [6.07, 6.45) is -5.41. The molecule has 90 valence electrons. The summed E-state index contributed by atoms with van der Waals surface area (Å²) in [4.78, 5) is 11.8. The molecule has 0 saturated heterocycles. The lowest BCUT2D eigenvalue weighted by molar-refractivity contribution is -0.266. The first-order chi connectivity index (χ1) is 7.04. The molecular formula is C8H7F5N2O. The summed E-state index contributed by atoms with van der Waals surface area (Å²) in [6.45, 7) is 0. The third kappa shape index (κ3) is 2.92. The Morgan fingerprint density at radius 1 is 1.25 bits per heavy atom. The molecule has 0 N–H and O–H groups in total. The lowest BCUT2D eigenvalue weighted by atomic mass is 10.1. The Balaban J connectivity index is 5.30. The molecule has 0 bridgehead atoms. The van der Waals surface area contributed by atoms with Gasteiger partial charge in [-0.15, -0.1) is 0 Å². The van der Waals surface area contributed by atoms with Gasteiger partial charge in [0.1, 0.15) is 11.6 Å². The summed E-state index contributed by atoms with van der Waals surface area (Å²) >= 11 is 0. The number of allylic oxidation sites excluding steroid dienone is 1. The molecule has 0 aromatic heterocycles. The molecule has 0 atom stereocenters. The molecule has 3 nitrogen and oxygen atoms in total. The van der Waals surface area contributed by atoms with Gasteiger partial charge >= 0.3 is 12.1 Å². The van der Waals surface area contributed by atoms with Crippen LogP contribution in [0.25, 0.3) is 0 Å². The van der Waals surface area contributed by atoms with Crippen LogP contribution in [0.5, 0.6) is 0 Å². The Hall–Kier alpha value is -1.65. The molecule has 0 saturated carbocycles. The Labute approximate surface area is 87.7 Å². The molecule has 0 unspecified atom stereocenters. The van der Waals surface area contributed by atoms with Crippen LogP contribution >= 0.6 is 0 Å². The highest BCUT2D eigenvalue weighted by molar-refractivity contribution is 6.04. The Bertz CT molecular complexity index is 350. The summed E-state index contributed by atoms with van der Waals surface area (Å²) in [5.74, 6) is -8.11. The fourth-order valence-corrected chi connectivity index (χ4v) is 0.694. The zero-order valence-electron chi connectivity index (χ0n) is 8.27. The average molecular weight is 242 g/mol. The molecule has 0 heterocycles. The smallest absolute Gasteiger partial charge is 0.382 e. The Kier molecular flexibility index (Phi) is 4.01. The van der Waals surface area contributed by atoms with Crippen LogP contribution in [0, 0.1) is 11.3 Å². The second-order valence-corrected chi connectivity index (χ2v) is 3.02. The minimum Gasteiger partial charge on any atom is -0.382 e. The third-order valence-corrected chi connectivity index (χ3v) is 1.39. The Morgan fingerprint density at radius 3 is 1.94 bits per heavy atom. The number of ketones is 1. The van der Waals surface area contributed by atoms with Crippen molar-refractivity contribution in [1.29, 1.82) is 5.26 Å². The van der Waals surface area contributed by atoms with Gasteiger partial charge in [-0.1, -0.05) is 0 Å². The predicted octanol–water partition coefficient (Wildman–Crippen LogP) is 1.72. The number of halogens is 5. The minimum absolute atomic E-state index is 0.599. The van der Waals surface area contributed by atoms with E-state index >= 15 is 0 Å². The van der Waals surface area contributed by atoms with E-state index in [1.807, 2.05) is 0 Å². The second kappa shape index (κ2) is 4.47. The lowest BCUT2D eigenvalue weighted by Gasteiger charge is -2.18. The fraction of sp³-hybridized carbons (Fsp3) is 0.500. The van der Waals surface area contributed by atoms with Crippen molar-refractivity contribution in [2.45, 2.75) is 12.1 Å². The third-order valence-electron chi connectivity index (χ3n) is 1.39. The molecule has 0 radical (unpaired) electrons. The van der Waals surface area contributed by atoms with Crippen LogP contribution in [0.15, 0.2) is 11.8 Å². The van der Waals surface area contributed by atoms with Crippen LogP contribution < -0.4 is 0 Å². The van der Waals surface area contributed by atoms with Crippen LogP contribution in [-0.2, 0) is 4.79 Å². The van der Waals surface area contributed by atoms with E-state index < -0.39 is 23.5 Å². The van der Waals surface area contributed by atoms with E-state index in [1.165, 1.54) is 14.1 Å². The van der Waals surface area contributed by atoms with E-state index in [4.69, 9.17) is 5.26 Å². The van der Waals surface area contributed by atoms with Gasteiger partial charge in [0.05, 0.1) is 0 Å². The number of nitriles is 1. The maximum Gasteiger partial charge on any atom is 0.461 e. The van der Waals surface area contributed by atoms with E-state index in [1.54, 1.807) is 0 Å². The molecule has 0 rings (SSSR count). The SMILES string of the molecule is CN(C)C=C(C#N)C(=O)C(F)(F)C(F)(F)F. The van der Waals surface area contributed by atoms with E-state index in [0.717, 1.165) is 11.0 Å². The topological polar surface area (TPSA) is 44.1 Å². The molecule has 0 aliphatic rings. The van der Waals surface area contributed by atoms with Crippen molar-refractivity contribution in [3.05, 3.63) is 11.8 Å². The molecule has 16 heavy (non-hydrogen) atoms. The highest BCUT2D eigenvalue weighted by Gasteiger charge is 2.63. The first kappa shape index (κ1) is 14.3. The highest BCUT2D eigenvalue weighted by atomic mass is 19.4. The van der Waals surface area contributed by atoms with E-state index in [2.05, 4.69) is 0 Å². The molecule has 0 amide bonds. The average Bonchev–Trinajstić information content (AvgIpc) is 2.10. The van der Waals surface area contributed by atoms with Gasteiger partial charge in [0.25, 0.3) is 5.78 Å². The zero-order chi connectivity index (χ0) is 13.1. The molecule has 0 aliphatic carbocycles. The summed E-state index contributed by atoms with van der Waals surface area (Å²) in [6, 6.07) is 1.00. The van der Waals surface area contributed by atoms with Gasteiger partial charge in [-0.3, -0.25) is 4.79 Å². The van der Waals surface area contributed by atoms with Gasteiger partial charge in [-0.2, -0.15) is 27.2 Å². The van der Waals surface area contributed by atoms with Crippen LogP contribution in [0.4, 0.5) is 22.0 Å². The largest absolute Gasteiger partial charge is 0.461 e. The molecule has 8 heteroatoms. The Morgan fingerprint density at radius 2 is 1.69 bits per heavy atom.